The van der Waals surface area contributed by atoms with Gasteiger partial charge < -0.3 is 4.90 Å². The van der Waals surface area contributed by atoms with Crippen molar-refractivity contribution >= 4 is 16.8 Å². The summed E-state index contributed by atoms with van der Waals surface area (Å²) < 4.78 is 14.9. The van der Waals surface area contributed by atoms with E-state index in [0.29, 0.717) is 22.4 Å². The van der Waals surface area contributed by atoms with E-state index in [9.17, 15) is 14.0 Å². The predicted octanol–water partition coefficient (Wildman–Crippen LogP) is 3.84. The maximum absolute atomic E-state index is 13.4. The van der Waals surface area contributed by atoms with Crippen molar-refractivity contribution in [2.24, 2.45) is 5.92 Å². The molecule has 1 saturated carbocycles. The summed E-state index contributed by atoms with van der Waals surface area (Å²) in [7, 11) is 1.75. The number of benzene rings is 2. The Bertz CT molecular complexity index is 1090. The molecule has 6 heteroatoms. The molecule has 4 rings (SSSR count). The highest BCUT2D eigenvalue weighted by molar-refractivity contribution is 5.80. The molecule has 1 heterocycles. The van der Waals surface area contributed by atoms with Crippen LogP contribution < -0.4 is 5.56 Å². The molecule has 1 unspecified atom stereocenters. The summed E-state index contributed by atoms with van der Waals surface area (Å²) in [6.07, 6.45) is 2.89. The minimum Gasteiger partial charge on any atom is -0.336 e. The topological polar surface area (TPSA) is 55.2 Å². The fourth-order valence-corrected chi connectivity index (χ4v) is 3.58. The summed E-state index contributed by atoms with van der Waals surface area (Å²) >= 11 is 0. The fourth-order valence-electron chi connectivity index (χ4n) is 3.58. The van der Waals surface area contributed by atoms with Crippen molar-refractivity contribution < 1.29 is 9.18 Å². The van der Waals surface area contributed by atoms with Gasteiger partial charge in [0, 0.05) is 13.0 Å². The highest BCUT2D eigenvalue weighted by Crippen LogP contribution is 2.31. The first kappa shape index (κ1) is 18.3. The number of carbonyl (C=O) groups is 1. The molecule has 1 aromatic heterocycles. The molecule has 2 aromatic carbocycles. The van der Waals surface area contributed by atoms with Crippen LogP contribution in [0, 0.1) is 11.7 Å². The number of para-hydroxylation sites is 1. The van der Waals surface area contributed by atoms with Crippen LogP contribution in [-0.4, -0.2) is 27.4 Å². The van der Waals surface area contributed by atoms with Gasteiger partial charge in [0.25, 0.3) is 5.56 Å². The third-order valence-electron chi connectivity index (χ3n) is 5.64. The lowest BCUT2D eigenvalue weighted by Gasteiger charge is -2.33. The van der Waals surface area contributed by atoms with Crippen LogP contribution in [0.15, 0.2) is 53.3 Å². The van der Waals surface area contributed by atoms with Crippen LogP contribution in [-0.2, 0) is 4.79 Å². The molecule has 0 saturated heterocycles. The van der Waals surface area contributed by atoms with Crippen molar-refractivity contribution in [2.75, 3.05) is 7.05 Å². The quantitative estimate of drug-likeness (QED) is 0.692. The molecule has 28 heavy (non-hydrogen) atoms. The monoisotopic (exact) mass is 379 g/mol. The van der Waals surface area contributed by atoms with Gasteiger partial charge in [-0.2, -0.15) is 0 Å². The summed E-state index contributed by atoms with van der Waals surface area (Å²) in [6.45, 7) is 1.87. The largest absolute Gasteiger partial charge is 0.336 e. The average molecular weight is 379 g/mol. The van der Waals surface area contributed by atoms with Crippen LogP contribution in [0.1, 0.15) is 38.1 Å². The standard InChI is InChI=1S/C22H22FN3O2/c1-14(25(2)21(27)15-6-5-7-15)20-24-19-9-4-3-8-18(19)22(28)26(20)17-12-10-16(23)11-13-17/h3-4,8-15H,5-7H2,1-2H3. The lowest BCUT2D eigenvalue weighted by atomic mass is 9.84. The van der Waals surface area contributed by atoms with Gasteiger partial charge in [0.1, 0.15) is 11.6 Å². The Morgan fingerprint density at radius 1 is 1.18 bits per heavy atom. The first-order valence-corrected chi connectivity index (χ1v) is 9.51. The molecule has 1 atom stereocenters. The van der Waals surface area contributed by atoms with E-state index < -0.39 is 6.04 Å². The van der Waals surface area contributed by atoms with Gasteiger partial charge in [0.05, 0.1) is 22.6 Å². The number of aromatic nitrogens is 2. The van der Waals surface area contributed by atoms with E-state index >= 15 is 0 Å². The maximum Gasteiger partial charge on any atom is 0.266 e. The Hall–Kier alpha value is -3.02. The van der Waals surface area contributed by atoms with Crippen LogP contribution >= 0.6 is 0 Å². The summed E-state index contributed by atoms with van der Waals surface area (Å²) in [6, 6.07) is 12.5. The second kappa shape index (κ2) is 7.19. The van der Waals surface area contributed by atoms with Crippen LogP contribution in [0.4, 0.5) is 4.39 Å². The molecule has 0 N–H and O–H groups in total. The summed E-state index contributed by atoms with van der Waals surface area (Å²) in [5.74, 6) is 0.216. The lowest BCUT2D eigenvalue weighted by Crippen LogP contribution is -2.40. The Morgan fingerprint density at radius 2 is 1.86 bits per heavy atom. The summed E-state index contributed by atoms with van der Waals surface area (Å²) in [5, 5.41) is 0.482. The van der Waals surface area contributed by atoms with Crippen molar-refractivity contribution in [1.29, 1.82) is 0 Å². The third kappa shape index (κ3) is 3.09. The van der Waals surface area contributed by atoms with E-state index in [1.807, 2.05) is 13.0 Å². The molecule has 1 amide bonds. The molecule has 5 nitrogen and oxygen atoms in total. The second-order valence-corrected chi connectivity index (χ2v) is 7.36. The number of carbonyl (C=O) groups excluding carboxylic acids is 1. The van der Waals surface area contributed by atoms with Gasteiger partial charge in [-0.3, -0.25) is 14.2 Å². The van der Waals surface area contributed by atoms with Gasteiger partial charge in [-0.25, -0.2) is 9.37 Å². The zero-order valence-electron chi connectivity index (χ0n) is 15.9. The van der Waals surface area contributed by atoms with Crippen LogP contribution in [0.2, 0.25) is 0 Å². The predicted molar refractivity (Wildman–Crippen MR) is 106 cm³/mol. The van der Waals surface area contributed by atoms with Crippen LogP contribution in [0.3, 0.4) is 0 Å². The molecule has 144 valence electrons. The fraction of sp³-hybridized carbons (Fsp3) is 0.318. The SMILES string of the molecule is CC(c1nc2ccccc2c(=O)n1-c1ccc(F)cc1)N(C)C(=O)C1CCC1. The molecule has 0 bridgehead atoms. The minimum absolute atomic E-state index is 0.0545. The van der Waals surface area contributed by atoms with Gasteiger partial charge in [-0.15, -0.1) is 0 Å². The van der Waals surface area contributed by atoms with Gasteiger partial charge in [-0.1, -0.05) is 18.6 Å². The van der Waals surface area contributed by atoms with Crippen LogP contribution in [0.25, 0.3) is 16.6 Å². The number of fused-ring (bicyclic) bond motifs is 1. The Balaban J connectivity index is 1.88. The van der Waals surface area contributed by atoms with E-state index in [2.05, 4.69) is 0 Å². The number of rotatable bonds is 4. The third-order valence-corrected chi connectivity index (χ3v) is 5.64. The molecule has 1 aliphatic carbocycles. The Kier molecular flexibility index (Phi) is 4.71. The van der Waals surface area contributed by atoms with Crippen molar-refractivity contribution in [3.63, 3.8) is 0 Å². The zero-order valence-corrected chi connectivity index (χ0v) is 15.9. The molecule has 3 aromatic rings. The van der Waals surface area contributed by atoms with Gasteiger partial charge in [0.15, 0.2) is 0 Å². The molecular formula is C22H22FN3O2. The molecule has 0 radical (unpaired) electrons. The van der Waals surface area contributed by atoms with Crippen molar-refractivity contribution in [3.8, 4) is 5.69 Å². The number of amides is 1. The summed E-state index contributed by atoms with van der Waals surface area (Å²) in [5.41, 5.74) is 0.872. The highest BCUT2D eigenvalue weighted by Gasteiger charge is 2.32. The Labute approximate surface area is 162 Å². The van der Waals surface area contributed by atoms with Gasteiger partial charge in [-0.05, 0) is 56.2 Å². The number of hydrogen-bond donors (Lipinski definition) is 0. The van der Waals surface area contributed by atoms with Crippen molar-refractivity contribution in [1.82, 2.24) is 14.5 Å². The second-order valence-electron chi connectivity index (χ2n) is 7.36. The zero-order chi connectivity index (χ0) is 19.8. The molecule has 0 aliphatic heterocycles. The molecule has 0 spiro atoms. The summed E-state index contributed by atoms with van der Waals surface area (Å²) in [4.78, 5) is 32.4. The number of halogens is 1. The van der Waals surface area contributed by atoms with E-state index in [-0.39, 0.29) is 23.2 Å². The number of hydrogen-bond acceptors (Lipinski definition) is 3. The van der Waals surface area contributed by atoms with Crippen molar-refractivity contribution in [2.45, 2.75) is 32.2 Å². The molecule has 1 fully saturated rings. The Morgan fingerprint density at radius 3 is 2.50 bits per heavy atom. The number of nitrogens with zero attached hydrogens (tertiary/aromatic N) is 3. The first-order chi connectivity index (χ1) is 13.5. The average Bonchev–Trinajstić information content (AvgIpc) is 2.66. The van der Waals surface area contributed by atoms with E-state index in [4.69, 9.17) is 4.98 Å². The van der Waals surface area contributed by atoms with Gasteiger partial charge >= 0.3 is 0 Å². The molecular weight excluding hydrogens is 357 g/mol. The molecule has 1 aliphatic rings. The normalized spacial score (nSPS) is 15.2. The van der Waals surface area contributed by atoms with Gasteiger partial charge in [0.2, 0.25) is 5.91 Å². The van der Waals surface area contributed by atoms with Crippen LogP contribution in [0.5, 0.6) is 0 Å². The lowest BCUT2D eigenvalue weighted by molar-refractivity contribution is -0.139. The van der Waals surface area contributed by atoms with Crippen molar-refractivity contribution in [3.05, 3.63) is 70.5 Å². The highest BCUT2D eigenvalue weighted by atomic mass is 19.1. The van der Waals surface area contributed by atoms with E-state index in [0.717, 1.165) is 19.3 Å². The first-order valence-electron chi connectivity index (χ1n) is 9.51. The van der Waals surface area contributed by atoms with E-state index in [1.165, 1.54) is 16.7 Å². The van der Waals surface area contributed by atoms with E-state index in [1.54, 1.807) is 42.3 Å². The smallest absolute Gasteiger partial charge is 0.266 e. The maximum atomic E-state index is 13.4. The minimum atomic E-state index is -0.407.